The fraction of sp³-hybridized carbons (Fsp3) is 0.364. The summed E-state index contributed by atoms with van der Waals surface area (Å²) in [6, 6.07) is 15.1. The van der Waals surface area contributed by atoms with Gasteiger partial charge in [0.05, 0.1) is 6.61 Å². The Balaban J connectivity index is 1.68. The summed E-state index contributed by atoms with van der Waals surface area (Å²) in [4.78, 5) is 22.7. The first kappa shape index (κ1) is 21.4. The molecule has 6 heteroatoms. The van der Waals surface area contributed by atoms with Crippen molar-refractivity contribution in [2.24, 2.45) is 0 Å². The van der Waals surface area contributed by atoms with E-state index in [1.54, 1.807) is 12.1 Å². The van der Waals surface area contributed by atoms with Crippen molar-refractivity contribution < 1.29 is 23.8 Å². The highest BCUT2D eigenvalue weighted by molar-refractivity contribution is 5.77. The van der Waals surface area contributed by atoms with Gasteiger partial charge in [0.25, 0.3) is 5.91 Å². The van der Waals surface area contributed by atoms with Gasteiger partial charge in [-0.2, -0.15) is 0 Å². The van der Waals surface area contributed by atoms with Crippen molar-refractivity contribution in [3.05, 3.63) is 59.7 Å². The van der Waals surface area contributed by atoms with E-state index in [0.717, 1.165) is 29.6 Å². The number of nitrogens with one attached hydrogen (secondary N) is 1. The van der Waals surface area contributed by atoms with Gasteiger partial charge in [0.2, 0.25) is 0 Å². The lowest BCUT2D eigenvalue weighted by Gasteiger charge is -2.10. The highest BCUT2D eigenvalue weighted by Gasteiger charge is 2.07. The Bertz CT molecular complexity index is 728. The van der Waals surface area contributed by atoms with E-state index < -0.39 is 6.10 Å². The minimum absolute atomic E-state index is 0.0440. The molecular formula is C22H27NO5. The Morgan fingerprint density at radius 3 is 2.18 bits per heavy atom. The molecule has 0 aliphatic carbocycles. The Morgan fingerprint density at radius 2 is 1.61 bits per heavy atom. The average molecular weight is 385 g/mol. The molecule has 1 atom stereocenters. The first-order valence-corrected chi connectivity index (χ1v) is 9.33. The predicted octanol–water partition coefficient (Wildman–Crippen LogP) is 2.58. The fourth-order valence-electron chi connectivity index (χ4n) is 2.61. The summed E-state index contributed by atoms with van der Waals surface area (Å²) < 4.78 is 15.9. The first-order valence-electron chi connectivity index (χ1n) is 9.33. The second-order valence-electron chi connectivity index (χ2n) is 6.22. The summed E-state index contributed by atoms with van der Waals surface area (Å²) in [5, 5.41) is 2.84. The quantitative estimate of drug-likeness (QED) is 0.569. The van der Waals surface area contributed by atoms with Crippen molar-refractivity contribution in [3.63, 3.8) is 0 Å². The fourth-order valence-corrected chi connectivity index (χ4v) is 2.61. The zero-order chi connectivity index (χ0) is 20.2. The molecule has 1 amide bonds. The van der Waals surface area contributed by atoms with Crippen LogP contribution in [0.4, 0.5) is 0 Å². The molecule has 2 aromatic rings. The largest absolute Gasteiger partial charge is 0.494 e. The Labute approximate surface area is 165 Å². The summed E-state index contributed by atoms with van der Waals surface area (Å²) in [7, 11) is 1.51. The van der Waals surface area contributed by atoms with Crippen LogP contribution in [-0.4, -0.2) is 45.2 Å². The molecule has 0 heterocycles. The van der Waals surface area contributed by atoms with E-state index in [1.807, 2.05) is 43.3 Å². The molecule has 0 aliphatic rings. The summed E-state index contributed by atoms with van der Waals surface area (Å²) in [6.45, 7) is 3.09. The lowest BCUT2D eigenvalue weighted by Crippen LogP contribution is -2.30. The average Bonchev–Trinajstić information content (AvgIpc) is 2.73. The van der Waals surface area contributed by atoms with Gasteiger partial charge >= 0.3 is 0 Å². The van der Waals surface area contributed by atoms with Crippen LogP contribution in [0.1, 0.15) is 18.1 Å². The van der Waals surface area contributed by atoms with Gasteiger partial charge in [-0.3, -0.25) is 4.79 Å². The molecular weight excluding hydrogens is 358 g/mol. The van der Waals surface area contributed by atoms with Gasteiger partial charge in [-0.1, -0.05) is 24.3 Å². The Morgan fingerprint density at radius 1 is 1.00 bits per heavy atom. The van der Waals surface area contributed by atoms with E-state index in [4.69, 9.17) is 14.2 Å². The molecule has 0 aromatic heterocycles. The third-order valence-corrected chi connectivity index (χ3v) is 4.15. The standard InChI is InChI=1S/C22H27NO5/c1-3-27-19-8-4-17(5-9-19)12-13-23-22(25)16-28-20-10-6-18(7-11-20)14-21(15-24)26-2/h4-11,15,21H,3,12-14,16H2,1-2H3,(H,23,25)/t21-/m1/s1. The topological polar surface area (TPSA) is 73.9 Å². The van der Waals surface area contributed by atoms with E-state index in [9.17, 15) is 9.59 Å². The van der Waals surface area contributed by atoms with Crippen LogP contribution in [0.15, 0.2) is 48.5 Å². The lowest BCUT2D eigenvalue weighted by atomic mass is 10.1. The van der Waals surface area contributed by atoms with Gasteiger partial charge in [0, 0.05) is 20.1 Å². The number of ether oxygens (including phenoxy) is 3. The van der Waals surface area contributed by atoms with Crippen molar-refractivity contribution in [1.82, 2.24) is 5.32 Å². The highest BCUT2D eigenvalue weighted by Crippen LogP contribution is 2.14. The first-order chi connectivity index (χ1) is 13.6. The molecule has 28 heavy (non-hydrogen) atoms. The molecule has 2 rings (SSSR count). The maximum absolute atomic E-state index is 11.9. The van der Waals surface area contributed by atoms with Crippen molar-refractivity contribution in [2.45, 2.75) is 25.9 Å². The minimum Gasteiger partial charge on any atom is -0.494 e. The van der Waals surface area contributed by atoms with E-state index in [-0.39, 0.29) is 12.5 Å². The number of benzene rings is 2. The minimum atomic E-state index is -0.451. The van der Waals surface area contributed by atoms with Crippen molar-refractivity contribution in [1.29, 1.82) is 0 Å². The summed E-state index contributed by atoms with van der Waals surface area (Å²) in [5.41, 5.74) is 2.09. The summed E-state index contributed by atoms with van der Waals surface area (Å²) in [6.07, 6.45) is 1.58. The SMILES string of the molecule is CCOc1ccc(CCNC(=O)COc2ccc(C[C@H](C=O)OC)cc2)cc1. The Kier molecular flexibility index (Phi) is 9.01. The normalized spacial score (nSPS) is 11.5. The maximum atomic E-state index is 11.9. The van der Waals surface area contributed by atoms with Crippen LogP contribution < -0.4 is 14.8 Å². The molecule has 0 unspecified atom stereocenters. The maximum Gasteiger partial charge on any atom is 0.257 e. The molecule has 0 fully saturated rings. The van der Waals surface area contributed by atoms with Crippen LogP contribution in [0.2, 0.25) is 0 Å². The highest BCUT2D eigenvalue weighted by atomic mass is 16.5. The number of hydrogen-bond donors (Lipinski definition) is 1. The third-order valence-electron chi connectivity index (χ3n) is 4.15. The van der Waals surface area contributed by atoms with Crippen molar-refractivity contribution >= 4 is 12.2 Å². The zero-order valence-electron chi connectivity index (χ0n) is 16.4. The molecule has 1 N–H and O–H groups in total. The molecule has 0 aliphatic heterocycles. The van der Waals surface area contributed by atoms with Gasteiger partial charge in [0.15, 0.2) is 6.61 Å². The number of carbonyl (C=O) groups is 2. The van der Waals surface area contributed by atoms with Gasteiger partial charge in [-0.25, -0.2) is 0 Å². The predicted molar refractivity (Wildman–Crippen MR) is 107 cm³/mol. The number of methoxy groups -OCH3 is 1. The molecule has 0 radical (unpaired) electrons. The number of aldehydes is 1. The second-order valence-corrected chi connectivity index (χ2v) is 6.22. The van der Waals surface area contributed by atoms with Crippen LogP contribution in [0, 0.1) is 0 Å². The number of carbonyl (C=O) groups excluding carboxylic acids is 2. The molecule has 6 nitrogen and oxygen atoms in total. The number of hydrogen-bond acceptors (Lipinski definition) is 5. The molecule has 2 aromatic carbocycles. The van der Waals surface area contributed by atoms with Gasteiger partial charge in [0.1, 0.15) is 23.9 Å². The molecule has 150 valence electrons. The van der Waals surface area contributed by atoms with E-state index in [1.165, 1.54) is 7.11 Å². The smallest absolute Gasteiger partial charge is 0.257 e. The van der Waals surface area contributed by atoms with Gasteiger partial charge in [-0.05, 0) is 48.7 Å². The summed E-state index contributed by atoms with van der Waals surface area (Å²) >= 11 is 0. The second kappa shape index (κ2) is 11.8. The Hall–Kier alpha value is -2.86. The van der Waals surface area contributed by atoms with Crippen LogP contribution in [-0.2, 0) is 27.2 Å². The number of amides is 1. The third kappa shape index (κ3) is 7.40. The van der Waals surface area contributed by atoms with E-state index >= 15 is 0 Å². The summed E-state index contributed by atoms with van der Waals surface area (Å²) in [5.74, 6) is 1.28. The van der Waals surface area contributed by atoms with E-state index in [2.05, 4.69) is 5.32 Å². The van der Waals surface area contributed by atoms with Crippen LogP contribution in [0.25, 0.3) is 0 Å². The van der Waals surface area contributed by atoms with Gasteiger partial charge in [-0.15, -0.1) is 0 Å². The zero-order valence-corrected chi connectivity index (χ0v) is 16.4. The van der Waals surface area contributed by atoms with E-state index in [0.29, 0.717) is 25.3 Å². The van der Waals surface area contributed by atoms with Crippen LogP contribution >= 0.6 is 0 Å². The van der Waals surface area contributed by atoms with Crippen molar-refractivity contribution in [3.8, 4) is 11.5 Å². The lowest BCUT2D eigenvalue weighted by molar-refractivity contribution is -0.123. The van der Waals surface area contributed by atoms with Crippen LogP contribution in [0.5, 0.6) is 11.5 Å². The molecule has 0 saturated carbocycles. The van der Waals surface area contributed by atoms with Crippen LogP contribution in [0.3, 0.4) is 0 Å². The monoisotopic (exact) mass is 385 g/mol. The molecule has 0 saturated heterocycles. The van der Waals surface area contributed by atoms with Gasteiger partial charge < -0.3 is 24.3 Å². The molecule has 0 spiro atoms. The molecule has 0 bridgehead atoms. The van der Waals surface area contributed by atoms with Crippen molar-refractivity contribution in [2.75, 3.05) is 26.9 Å². The number of rotatable bonds is 12.